The van der Waals surface area contributed by atoms with Gasteiger partial charge in [0.25, 0.3) is 0 Å². The van der Waals surface area contributed by atoms with Crippen molar-refractivity contribution in [2.45, 2.75) is 46.1 Å². The Hall–Kier alpha value is -1.85. The Morgan fingerprint density at radius 2 is 2.10 bits per heavy atom. The molecule has 6 heteroatoms. The second-order valence-electron chi connectivity index (χ2n) is 5.25. The summed E-state index contributed by atoms with van der Waals surface area (Å²) in [5.74, 6) is 1.68. The summed E-state index contributed by atoms with van der Waals surface area (Å²) in [7, 11) is 0. The first-order chi connectivity index (χ1) is 10.1. The molecule has 0 radical (unpaired) electrons. The quantitative estimate of drug-likeness (QED) is 0.923. The molecular weight excluding hydrogens is 268 g/mol. The third kappa shape index (κ3) is 4.31. The van der Waals surface area contributed by atoms with E-state index in [4.69, 9.17) is 4.74 Å². The van der Waals surface area contributed by atoms with Crippen LogP contribution in [0.2, 0.25) is 0 Å². The molecule has 6 nitrogen and oxygen atoms in total. The molecule has 0 unspecified atom stereocenters. The summed E-state index contributed by atoms with van der Waals surface area (Å²) in [4.78, 5) is 22.2. The van der Waals surface area contributed by atoms with Crippen LogP contribution < -0.4 is 5.32 Å². The summed E-state index contributed by atoms with van der Waals surface area (Å²) in [5.41, 5.74) is 1.05. The number of nitrogens with one attached hydrogen (secondary N) is 1. The highest BCUT2D eigenvalue weighted by molar-refractivity contribution is 5.67. The summed E-state index contributed by atoms with van der Waals surface area (Å²) in [6.45, 7) is 7.70. The van der Waals surface area contributed by atoms with Crippen molar-refractivity contribution in [2.24, 2.45) is 0 Å². The van der Waals surface area contributed by atoms with Crippen molar-refractivity contribution in [1.82, 2.24) is 14.9 Å². The molecule has 1 aromatic rings. The summed E-state index contributed by atoms with van der Waals surface area (Å²) < 4.78 is 5.03. The summed E-state index contributed by atoms with van der Waals surface area (Å²) in [6.07, 6.45) is 2.51. The normalized spacial score (nSPS) is 15.9. The molecule has 1 aliphatic rings. The number of hydrogen-bond donors (Lipinski definition) is 1. The Morgan fingerprint density at radius 3 is 2.71 bits per heavy atom. The molecule has 0 bridgehead atoms. The molecule has 0 aromatic carbocycles. The van der Waals surface area contributed by atoms with Gasteiger partial charge in [-0.2, -0.15) is 0 Å². The molecule has 0 spiro atoms. The number of piperidine rings is 1. The second kappa shape index (κ2) is 7.24. The molecule has 1 N–H and O–H groups in total. The van der Waals surface area contributed by atoms with Gasteiger partial charge in [0.2, 0.25) is 0 Å². The minimum absolute atomic E-state index is 0.206. The van der Waals surface area contributed by atoms with Crippen LogP contribution in [-0.4, -0.2) is 46.7 Å². The van der Waals surface area contributed by atoms with Crippen LogP contribution >= 0.6 is 0 Å². The Balaban J connectivity index is 1.89. The molecule has 1 amide bonds. The number of amides is 1. The molecule has 21 heavy (non-hydrogen) atoms. The molecule has 0 saturated carbocycles. The number of hydrogen-bond acceptors (Lipinski definition) is 5. The molecule has 1 fully saturated rings. The summed E-state index contributed by atoms with van der Waals surface area (Å²) in [5, 5.41) is 3.46. The zero-order chi connectivity index (χ0) is 15.2. The SMILES string of the molecule is CCOC(=O)N1CCC(Nc2cc(CC)nc(C)n2)CC1. The zero-order valence-corrected chi connectivity index (χ0v) is 13.1. The fourth-order valence-corrected chi connectivity index (χ4v) is 2.51. The number of aromatic nitrogens is 2. The largest absolute Gasteiger partial charge is 0.450 e. The monoisotopic (exact) mass is 292 g/mol. The van der Waals surface area contributed by atoms with E-state index < -0.39 is 0 Å². The first-order valence-electron chi connectivity index (χ1n) is 7.65. The molecular formula is C15H24N4O2. The van der Waals surface area contributed by atoms with Crippen molar-refractivity contribution < 1.29 is 9.53 Å². The third-order valence-electron chi connectivity index (χ3n) is 3.63. The van der Waals surface area contributed by atoms with Gasteiger partial charge < -0.3 is 15.0 Å². The van der Waals surface area contributed by atoms with Crippen molar-refractivity contribution >= 4 is 11.9 Å². The lowest BCUT2D eigenvalue weighted by molar-refractivity contribution is 0.0983. The van der Waals surface area contributed by atoms with E-state index in [1.165, 1.54) is 0 Å². The molecule has 0 aliphatic carbocycles. The van der Waals surface area contributed by atoms with E-state index in [1.807, 2.05) is 19.9 Å². The van der Waals surface area contributed by atoms with Crippen molar-refractivity contribution in [3.63, 3.8) is 0 Å². The number of likely N-dealkylation sites (tertiary alicyclic amines) is 1. The number of carbonyl (C=O) groups is 1. The predicted octanol–water partition coefficient (Wildman–Crippen LogP) is 2.38. The lowest BCUT2D eigenvalue weighted by atomic mass is 10.1. The molecule has 0 atom stereocenters. The number of rotatable bonds is 4. The topological polar surface area (TPSA) is 67.3 Å². The van der Waals surface area contributed by atoms with Gasteiger partial charge in [0.15, 0.2) is 0 Å². The Bertz CT molecular complexity index is 485. The lowest BCUT2D eigenvalue weighted by Crippen LogP contribution is -2.42. The molecule has 1 aliphatic heterocycles. The maximum absolute atomic E-state index is 11.7. The van der Waals surface area contributed by atoms with Gasteiger partial charge in [-0.25, -0.2) is 14.8 Å². The van der Waals surface area contributed by atoms with Gasteiger partial charge in [0, 0.05) is 30.9 Å². The van der Waals surface area contributed by atoms with E-state index in [1.54, 1.807) is 4.90 Å². The van der Waals surface area contributed by atoms with E-state index in [-0.39, 0.29) is 6.09 Å². The predicted molar refractivity (Wildman–Crippen MR) is 81.4 cm³/mol. The number of aryl methyl sites for hydroxylation is 2. The zero-order valence-electron chi connectivity index (χ0n) is 13.1. The first kappa shape index (κ1) is 15.5. The standard InChI is InChI=1S/C15H24N4O2/c1-4-12-10-14(17-11(3)16-12)18-13-6-8-19(9-7-13)15(20)21-5-2/h10,13H,4-9H2,1-3H3,(H,16,17,18). The Kier molecular flexibility index (Phi) is 5.36. The van der Waals surface area contributed by atoms with Crippen LogP contribution in [0.25, 0.3) is 0 Å². The smallest absolute Gasteiger partial charge is 0.409 e. The van der Waals surface area contributed by atoms with Crippen LogP contribution in [-0.2, 0) is 11.2 Å². The fraction of sp³-hybridized carbons (Fsp3) is 0.667. The maximum atomic E-state index is 11.7. The van der Waals surface area contributed by atoms with Gasteiger partial charge >= 0.3 is 6.09 Å². The van der Waals surface area contributed by atoms with Gasteiger partial charge in [-0.15, -0.1) is 0 Å². The minimum atomic E-state index is -0.206. The van der Waals surface area contributed by atoms with Gasteiger partial charge in [0.1, 0.15) is 11.6 Å². The van der Waals surface area contributed by atoms with Crippen LogP contribution in [0.15, 0.2) is 6.07 Å². The van der Waals surface area contributed by atoms with Crippen LogP contribution in [0.1, 0.15) is 38.2 Å². The highest BCUT2D eigenvalue weighted by Crippen LogP contribution is 2.17. The van der Waals surface area contributed by atoms with Crippen molar-refractivity contribution in [3.05, 3.63) is 17.6 Å². The van der Waals surface area contributed by atoms with Gasteiger partial charge in [-0.05, 0) is 33.1 Å². The minimum Gasteiger partial charge on any atom is -0.450 e. The van der Waals surface area contributed by atoms with Gasteiger partial charge in [0.05, 0.1) is 6.61 Å². The van der Waals surface area contributed by atoms with Crippen molar-refractivity contribution in [1.29, 1.82) is 0 Å². The average Bonchev–Trinajstić information content (AvgIpc) is 2.47. The van der Waals surface area contributed by atoms with E-state index in [9.17, 15) is 4.79 Å². The third-order valence-corrected chi connectivity index (χ3v) is 3.63. The number of anilines is 1. The van der Waals surface area contributed by atoms with Crippen LogP contribution in [0, 0.1) is 6.92 Å². The highest BCUT2D eigenvalue weighted by atomic mass is 16.6. The Labute approximate surface area is 125 Å². The molecule has 2 heterocycles. The molecule has 1 saturated heterocycles. The summed E-state index contributed by atoms with van der Waals surface area (Å²) in [6, 6.07) is 2.35. The maximum Gasteiger partial charge on any atom is 0.409 e. The lowest BCUT2D eigenvalue weighted by Gasteiger charge is -2.31. The molecule has 116 valence electrons. The first-order valence-corrected chi connectivity index (χ1v) is 7.65. The van der Waals surface area contributed by atoms with Gasteiger partial charge in [-0.3, -0.25) is 0 Å². The molecule has 1 aromatic heterocycles. The number of nitrogens with zero attached hydrogens (tertiary/aromatic N) is 3. The van der Waals surface area contributed by atoms with Gasteiger partial charge in [-0.1, -0.05) is 6.92 Å². The van der Waals surface area contributed by atoms with Crippen LogP contribution in [0.3, 0.4) is 0 Å². The Morgan fingerprint density at radius 1 is 1.38 bits per heavy atom. The van der Waals surface area contributed by atoms with Crippen LogP contribution in [0.5, 0.6) is 0 Å². The van der Waals surface area contributed by atoms with Crippen LogP contribution in [0.4, 0.5) is 10.6 Å². The highest BCUT2D eigenvalue weighted by Gasteiger charge is 2.23. The van der Waals surface area contributed by atoms with E-state index >= 15 is 0 Å². The molecule has 2 rings (SSSR count). The summed E-state index contributed by atoms with van der Waals surface area (Å²) >= 11 is 0. The number of ether oxygens (including phenoxy) is 1. The average molecular weight is 292 g/mol. The number of carbonyl (C=O) groups excluding carboxylic acids is 1. The second-order valence-corrected chi connectivity index (χ2v) is 5.25. The van der Waals surface area contributed by atoms with Crippen molar-refractivity contribution in [2.75, 3.05) is 25.0 Å². The van der Waals surface area contributed by atoms with E-state index in [2.05, 4.69) is 22.2 Å². The van der Waals surface area contributed by atoms with Crippen molar-refractivity contribution in [3.8, 4) is 0 Å². The fourth-order valence-electron chi connectivity index (χ4n) is 2.51. The van der Waals surface area contributed by atoms with E-state index in [0.717, 1.165) is 49.7 Å². The van der Waals surface area contributed by atoms with E-state index in [0.29, 0.717) is 12.6 Å².